The van der Waals surface area contributed by atoms with Crippen LogP contribution in [0.25, 0.3) is 10.8 Å². The fourth-order valence-electron chi connectivity index (χ4n) is 4.84. The Hall–Kier alpha value is -1.71. The van der Waals surface area contributed by atoms with Crippen LogP contribution in [0.4, 0.5) is 13.2 Å². The summed E-state index contributed by atoms with van der Waals surface area (Å²) in [7, 11) is 0. The van der Waals surface area contributed by atoms with Crippen molar-refractivity contribution < 1.29 is 17.9 Å². The normalized spacial score (nSPS) is 19.1. The fourth-order valence-corrected chi connectivity index (χ4v) is 4.84. The van der Waals surface area contributed by atoms with E-state index in [1.807, 2.05) is 0 Å². The van der Waals surface area contributed by atoms with Gasteiger partial charge in [0.05, 0.1) is 12.0 Å². The Balaban J connectivity index is 1.63. The summed E-state index contributed by atoms with van der Waals surface area (Å²) in [6.45, 7) is 4.69. The van der Waals surface area contributed by atoms with Crippen LogP contribution in [-0.4, -0.2) is 6.61 Å². The molecule has 31 heavy (non-hydrogen) atoms. The lowest BCUT2D eigenvalue weighted by Crippen LogP contribution is -2.20. The highest BCUT2D eigenvalue weighted by Gasteiger charge is 2.23. The standard InChI is InChI=1S/C27H37F3O/c1-3-5-7-9-19-11-13-20(14-12-19)18-31-23-17-22-16-15-21(10-8-6-4-2)25(28)24(22)27(30)26(23)29/h15-17,19-20H,3-14,18H2,1-2H3. The van der Waals surface area contributed by atoms with Crippen LogP contribution in [0.2, 0.25) is 0 Å². The van der Waals surface area contributed by atoms with Crippen molar-refractivity contribution in [1.29, 1.82) is 0 Å². The summed E-state index contributed by atoms with van der Waals surface area (Å²) in [4.78, 5) is 0. The van der Waals surface area contributed by atoms with Crippen molar-refractivity contribution in [3.05, 3.63) is 41.2 Å². The van der Waals surface area contributed by atoms with E-state index in [9.17, 15) is 13.2 Å². The first-order chi connectivity index (χ1) is 15.0. The Kier molecular flexibility index (Phi) is 9.10. The number of fused-ring (bicyclic) bond motifs is 1. The zero-order valence-electron chi connectivity index (χ0n) is 19.1. The molecule has 0 N–H and O–H groups in total. The number of aryl methyl sites for hydroxylation is 1. The summed E-state index contributed by atoms with van der Waals surface area (Å²) in [5.74, 6) is -1.79. The van der Waals surface area contributed by atoms with Gasteiger partial charge in [-0.2, -0.15) is 4.39 Å². The smallest absolute Gasteiger partial charge is 0.201 e. The Morgan fingerprint density at radius 1 is 0.806 bits per heavy atom. The molecule has 0 unspecified atom stereocenters. The quantitative estimate of drug-likeness (QED) is 0.321. The molecule has 0 aromatic heterocycles. The van der Waals surface area contributed by atoms with E-state index in [0.29, 0.717) is 29.9 Å². The number of benzene rings is 2. The minimum atomic E-state index is -1.14. The van der Waals surface area contributed by atoms with Crippen molar-refractivity contribution in [2.75, 3.05) is 6.61 Å². The predicted molar refractivity (Wildman–Crippen MR) is 122 cm³/mol. The van der Waals surface area contributed by atoms with Crippen LogP contribution >= 0.6 is 0 Å². The highest BCUT2D eigenvalue weighted by atomic mass is 19.2. The minimum Gasteiger partial charge on any atom is -0.490 e. The van der Waals surface area contributed by atoms with E-state index in [4.69, 9.17) is 4.74 Å². The van der Waals surface area contributed by atoms with Crippen LogP contribution in [0.3, 0.4) is 0 Å². The van der Waals surface area contributed by atoms with E-state index < -0.39 is 17.5 Å². The predicted octanol–water partition coefficient (Wildman–Crippen LogP) is 8.76. The molecule has 0 bridgehead atoms. The lowest BCUT2D eigenvalue weighted by Gasteiger charge is -2.28. The number of hydrogen-bond acceptors (Lipinski definition) is 1. The second-order valence-corrected chi connectivity index (χ2v) is 9.29. The molecule has 3 rings (SSSR count). The van der Waals surface area contributed by atoms with E-state index in [2.05, 4.69) is 13.8 Å². The summed E-state index contributed by atoms with van der Waals surface area (Å²) < 4.78 is 50.0. The highest BCUT2D eigenvalue weighted by molar-refractivity contribution is 5.86. The van der Waals surface area contributed by atoms with Gasteiger partial charge in [-0.1, -0.05) is 77.3 Å². The molecule has 0 spiro atoms. The summed E-state index contributed by atoms with van der Waals surface area (Å²) in [5.41, 5.74) is 0.448. The van der Waals surface area contributed by atoms with E-state index in [-0.39, 0.29) is 11.1 Å². The average Bonchev–Trinajstić information content (AvgIpc) is 2.78. The number of rotatable bonds is 11. The lowest BCUT2D eigenvalue weighted by molar-refractivity contribution is 0.173. The van der Waals surface area contributed by atoms with Crippen molar-refractivity contribution >= 4 is 10.8 Å². The van der Waals surface area contributed by atoms with Gasteiger partial charge < -0.3 is 4.74 Å². The SMILES string of the molecule is CCCCCc1ccc2cc(OCC3CCC(CCCCC)CC3)c(F)c(F)c2c1F. The largest absolute Gasteiger partial charge is 0.490 e. The first-order valence-electron chi connectivity index (χ1n) is 12.3. The van der Waals surface area contributed by atoms with Crippen LogP contribution in [0.15, 0.2) is 18.2 Å². The van der Waals surface area contributed by atoms with Gasteiger partial charge in [-0.25, -0.2) is 8.78 Å². The van der Waals surface area contributed by atoms with E-state index in [1.165, 1.54) is 44.6 Å². The second kappa shape index (κ2) is 11.8. The van der Waals surface area contributed by atoms with Crippen molar-refractivity contribution in [3.8, 4) is 5.75 Å². The topological polar surface area (TPSA) is 9.23 Å². The third kappa shape index (κ3) is 6.17. The monoisotopic (exact) mass is 434 g/mol. The molecule has 2 aromatic rings. The number of ether oxygens (including phenoxy) is 1. The van der Waals surface area contributed by atoms with Crippen LogP contribution < -0.4 is 4.74 Å². The number of halogens is 3. The molecule has 172 valence electrons. The Labute approximate surface area is 185 Å². The van der Waals surface area contributed by atoms with Crippen molar-refractivity contribution in [2.24, 2.45) is 11.8 Å². The first-order valence-corrected chi connectivity index (χ1v) is 12.3. The van der Waals surface area contributed by atoms with Crippen molar-refractivity contribution in [2.45, 2.75) is 90.9 Å². The molecule has 4 heteroatoms. The molecule has 0 amide bonds. The summed E-state index contributed by atoms with van der Waals surface area (Å²) in [6, 6.07) is 4.81. The maximum atomic E-state index is 14.8. The van der Waals surface area contributed by atoms with E-state index >= 15 is 0 Å². The lowest BCUT2D eigenvalue weighted by atomic mass is 9.80. The van der Waals surface area contributed by atoms with Gasteiger partial charge in [-0.15, -0.1) is 0 Å². The van der Waals surface area contributed by atoms with Crippen LogP contribution in [0.1, 0.15) is 90.0 Å². The van der Waals surface area contributed by atoms with Crippen LogP contribution in [-0.2, 0) is 6.42 Å². The number of hydrogen-bond donors (Lipinski definition) is 0. The Morgan fingerprint density at radius 2 is 1.48 bits per heavy atom. The molecule has 2 aromatic carbocycles. The zero-order chi connectivity index (χ0) is 22.2. The van der Waals surface area contributed by atoms with Gasteiger partial charge in [0, 0.05) is 0 Å². The van der Waals surface area contributed by atoms with E-state index in [0.717, 1.165) is 38.0 Å². The summed E-state index contributed by atoms with van der Waals surface area (Å²) in [5, 5.41) is 0.0942. The molecule has 1 fully saturated rings. The highest BCUT2D eigenvalue weighted by Crippen LogP contribution is 2.35. The van der Waals surface area contributed by atoms with Crippen molar-refractivity contribution in [3.63, 3.8) is 0 Å². The second-order valence-electron chi connectivity index (χ2n) is 9.29. The maximum absolute atomic E-state index is 14.8. The summed E-state index contributed by atoms with van der Waals surface area (Å²) in [6.07, 6.45) is 13.1. The summed E-state index contributed by atoms with van der Waals surface area (Å²) >= 11 is 0. The zero-order valence-corrected chi connectivity index (χ0v) is 19.1. The van der Waals surface area contributed by atoms with Gasteiger partial charge in [-0.05, 0) is 54.5 Å². The Bertz CT molecular complexity index is 840. The van der Waals surface area contributed by atoms with Crippen molar-refractivity contribution in [1.82, 2.24) is 0 Å². The van der Waals surface area contributed by atoms with Gasteiger partial charge in [0.25, 0.3) is 0 Å². The van der Waals surface area contributed by atoms with Gasteiger partial charge in [-0.3, -0.25) is 0 Å². The minimum absolute atomic E-state index is 0.104. The van der Waals surface area contributed by atoms with Gasteiger partial charge >= 0.3 is 0 Å². The molecule has 0 radical (unpaired) electrons. The number of unbranched alkanes of at least 4 members (excludes halogenated alkanes) is 4. The van der Waals surface area contributed by atoms with E-state index in [1.54, 1.807) is 12.1 Å². The molecule has 0 atom stereocenters. The third-order valence-electron chi connectivity index (χ3n) is 6.88. The molecule has 0 heterocycles. The van der Waals surface area contributed by atoms with Gasteiger partial charge in [0.2, 0.25) is 5.82 Å². The van der Waals surface area contributed by atoms with Crippen LogP contribution in [0, 0.1) is 29.3 Å². The molecule has 1 aliphatic rings. The van der Waals surface area contributed by atoms with Gasteiger partial charge in [0.15, 0.2) is 11.6 Å². The first kappa shape index (κ1) is 23.9. The third-order valence-corrected chi connectivity index (χ3v) is 6.88. The molecule has 1 nitrogen and oxygen atoms in total. The molecular weight excluding hydrogens is 397 g/mol. The average molecular weight is 435 g/mol. The molecule has 0 saturated heterocycles. The molecule has 1 aliphatic carbocycles. The Morgan fingerprint density at radius 3 is 2.19 bits per heavy atom. The van der Waals surface area contributed by atoms with Crippen LogP contribution in [0.5, 0.6) is 5.75 Å². The maximum Gasteiger partial charge on any atom is 0.201 e. The molecular formula is C27H37F3O. The van der Waals surface area contributed by atoms with Gasteiger partial charge in [0.1, 0.15) is 5.82 Å². The fraction of sp³-hybridized carbons (Fsp3) is 0.630. The molecule has 0 aliphatic heterocycles. The molecule has 1 saturated carbocycles.